The molecule has 0 aromatic carbocycles. The van der Waals surface area contributed by atoms with E-state index in [4.69, 9.17) is 0 Å². The lowest BCUT2D eigenvalue weighted by Gasteiger charge is -2.05. The molecule has 1 aromatic rings. The van der Waals surface area contributed by atoms with Crippen molar-refractivity contribution in [3.63, 3.8) is 0 Å². The number of nitrogens with zero attached hydrogens (tertiary/aromatic N) is 2. The van der Waals surface area contributed by atoms with Gasteiger partial charge in [0, 0.05) is 33.6 Å². The topological polar surface area (TPSA) is 59.0 Å². The van der Waals surface area contributed by atoms with E-state index in [1.807, 2.05) is 11.7 Å². The third-order valence-corrected chi connectivity index (χ3v) is 3.52. The molecule has 96 valence electrons. The second-order valence-electron chi connectivity index (χ2n) is 3.78. The number of nitrogens with one attached hydrogen (secondary N) is 2. The zero-order valence-corrected chi connectivity index (χ0v) is 12.1. The van der Waals surface area contributed by atoms with E-state index in [9.17, 15) is 4.79 Å². The summed E-state index contributed by atoms with van der Waals surface area (Å²) in [5.74, 6) is 0.0517. The molecule has 1 heterocycles. The summed E-state index contributed by atoms with van der Waals surface area (Å²) in [5.41, 5.74) is 2.18. The van der Waals surface area contributed by atoms with Gasteiger partial charge in [0.05, 0.1) is 15.9 Å². The van der Waals surface area contributed by atoms with E-state index in [0.717, 1.165) is 22.3 Å². The van der Waals surface area contributed by atoms with Crippen LogP contribution in [0.25, 0.3) is 0 Å². The van der Waals surface area contributed by atoms with Crippen LogP contribution >= 0.6 is 15.9 Å². The summed E-state index contributed by atoms with van der Waals surface area (Å²) in [6, 6.07) is 0. The molecule has 0 spiro atoms. The number of rotatable bonds is 6. The maximum atomic E-state index is 11.0. The number of carbonyl (C=O) groups is 1. The van der Waals surface area contributed by atoms with Crippen molar-refractivity contribution in [1.82, 2.24) is 20.4 Å². The third kappa shape index (κ3) is 3.81. The van der Waals surface area contributed by atoms with Gasteiger partial charge in [-0.15, -0.1) is 0 Å². The fraction of sp³-hybridized carbons (Fsp3) is 0.636. The largest absolute Gasteiger partial charge is 0.359 e. The first-order chi connectivity index (χ1) is 8.10. The van der Waals surface area contributed by atoms with Crippen LogP contribution in [0.1, 0.15) is 24.7 Å². The van der Waals surface area contributed by atoms with Gasteiger partial charge in [0.25, 0.3) is 0 Å². The van der Waals surface area contributed by atoms with Crippen molar-refractivity contribution in [3.8, 4) is 0 Å². The molecule has 1 rings (SSSR count). The molecule has 0 atom stereocenters. The summed E-state index contributed by atoms with van der Waals surface area (Å²) in [5, 5.41) is 10.2. The molecule has 1 aromatic heterocycles. The molecule has 6 heteroatoms. The highest BCUT2D eigenvalue weighted by atomic mass is 79.9. The van der Waals surface area contributed by atoms with Crippen LogP contribution in [0.5, 0.6) is 0 Å². The molecule has 0 radical (unpaired) electrons. The quantitative estimate of drug-likeness (QED) is 0.770. The van der Waals surface area contributed by atoms with E-state index >= 15 is 0 Å². The molecule has 2 N–H and O–H groups in total. The van der Waals surface area contributed by atoms with Crippen molar-refractivity contribution in [3.05, 3.63) is 15.9 Å². The van der Waals surface area contributed by atoms with Gasteiger partial charge in [0.1, 0.15) is 0 Å². The first-order valence-corrected chi connectivity index (χ1v) is 6.51. The highest BCUT2D eigenvalue weighted by Crippen LogP contribution is 2.21. The zero-order chi connectivity index (χ0) is 12.8. The maximum Gasteiger partial charge on any atom is 0.221 e. The van der Waals surface area contributed by atoms with Gasteiger partial charge in [0.2, 0.25) is 5.91 Å². The molecule has 0 bridgehead atoms. The van der Waals surface area contributed by atoms with Gasteiger partial charge < -0.3 is 10.6 Å². The highest BCUT2D eigenvalue weighted by Gasteiger charge is 2.11. The van der Waals surface area contributed by atoms with Crippen molar-refractivity contribution in [2.24, 2.45) is 7.05 Å². The van der Waals surface area contributed by atoms with E-state index in [2.05, 4.69) is 38.6 Å². The molecule has 0 saturated carbocycles. The average molecular weight is 303 g/mol. The van der Waals surface area contributed by atoms with E-state index < -0.39 is 0 Å². The monoisotopic (exact) mass is 302 g/mol. The Kier molecular flexibility index (Phi) is 5.64. The van der Waals surface area contributed by atoms with Gasteiger partial charge in [-0.2, -0.15) is 5.10 Å². The number of hydrogen-bond acceptors (Lipinski definition) is 3. The number of carbonyl (C=O) groups excluding carboxylic acids is 1. The predicted molar refractivity (Wildman–Crippen MR) is 70.7 cm³/mol. The first-order valence-electron chi connectivity index (χ1n) is 5.71. The van der Waals surface area contributed by atoms with Crippen molar-refractivity contribution < 1.29 is 4.79 Å². The minimum absolute atomic E-state index is 0.0517. The van der Waals surface area contributed by atoms with Crippen LogP contribution in [-0.4, -0.2) is 29.3 Å². The van der Waals surface area contributed by atoms with Crippen molar-refractivity contribution in [2.45, 2.75) is 26.3 Å². The molecular weight excluding hydrogens is 284 g/mol. The number of amides is 1. The summed E-state index contributed by atoms with van der Waals surface area (Å²) in [6.45, 7) is 3.45. The smallest absolute Gasteiger partial charge is 0.221 e. The third-order valence-electron chi connectivity index (χ3n) is 2.60. The Hall–Kier alpha value is -0.880. The lowest BCUT2D eigenvalue weighted by Crippen LogP contribution is -2.25. The van der Waals surface area contributed by atoms with Gasteiger partial charge in [-0.25, -0.2) is 0 Å². The molecule has 0 unspecified atom stereocenters. The Bertz CT molecular complexity index is 389. The number of halogens is 1. The molecule has 0 aliphatic rings. The number of aromatic nitrogens is 2. The standard InChI is InChI=1S/C11H19BrN4O/c1-4-8-11(12)9(16(3)15-8)7-14-6-5-10(17)13-2/h14H,4-7H2,1-3H3,(H,13,17). The molecule has 0 saturated heterocycles. The maximum absolute atomic E-state index is 11.0. The van der Waals surface area contributed by atoms with E-state index in [1.165, 1.54) is 0 Å². The van der Waals surface area contributed by atoms with Gasteiger partial charge in [-0.3, -0.25) is 9.48 Å². The van der Waals surface area contributed by atoms with Crippen molar-refractivity contribution in [1.29, 1.82) is 0 Å². The van der Waals surface area contributed by atoms with E-state index in [0.29, 0.717) is 19.5 Å². The Morgan fingerprint density at radius 2 is 2.24 bits per heavy atom. The molecule has 17 heavy (non-hydrogen) atoms. The van der Waals surface area contributed by atoms with Gasteiger partial charge >= 0.3 is 0 Å². The van der Waals surface area contributed by atoms with Crippen LogP contribution in [0, 0.1) is 0 Å². The van der Waals surface area contributed by atoms with Crippen LogP contribution < -0.4 is 10.6 Å². The Morgan fingerprint density at radius 3 is 2.76 bits per heavy atom. The van der Waals surface area contributed by atoms with Crippen LogP contribution in [-0.2, 0) is 24.8 Å². The Labute approximate surface area is 110 Å². The fourth-order valence-electron chi connectivity index (χ4n) is 1.55. The van der Waals surface area contributed by atoms with Crippen LogP contribution in [0.4, 0.5) is 0 Å². The summed E-state index contributed by atoms with van der Waals surface area (Å²) in [4.78, 5) is 11.0. The Morgan fingerprint density at radius 1 is 1.53 bits per heavy atom. The second-order valence-corrected chi connectivity index (χ2v) is 4.58. The average Bonchev–Trinajstić information content (AvgIpc) is 2.60. The number of aryl methyl sites for hydroxylation is 2. The lowest BCUT2D eigenvalue weighted by atomic mass is 10.3. The van der Waals surface area contributed by atoms with Gasteiger partial charge in [-0.1, -0.05) is 6.92 Å². The number of hydrogen-bond donors (Lipinski definition) is 2. The summed E-state index contributed by atoms with van der Waals surface area (Å²) in [6.07, 6.45) is 1.40. The molecule has 0 fully saturated rings. The molecule has 0 aliphatic carbocycles. The van der Waals surface area contributed by atoms with E-state index in [1.54, 1.807) is 7.05 Å². The highest BCUT2D eigenvalue weighted by molar-refractivity contribution is 9.10. The molecular formula is C11H19BrN4O. The van der Waals surface area contributed by atoms with Gasteiger partial charge in [-0.05, 0) is 22.4 Å². The Balaban J connectivity index is 2.46. The predicted octanol–water partition coefficient (Wildman–Crippen LogP) is 0.971. The zero-order valence-electron chi connectivity index (χ0n) is 10.5. The summed E-state index contributed by atoms with van der Waals surface area (Å²) < 4.78 is 2.94. The SMILES string of the molecule is CCc1nn(C)c(CNCCC(=O)NC)c1Br. The molecule has 0 aliphatic heterocycles. The van der Waals surface area contributed by atoms with Crippen LogP contribution in [0.3, 0.4) is 0 Å². The minimum Gasteiger partial charge on any atom is -0.359 e. The van der Waals surface area contributed by atoms with Gasteiger partial charge in [0.15, 0.2) is 0 Å². The molecule has 5 nitrogen and oxygen atoms in total. The minimum atomic E-state index is 0.0517. The van der Waals surface area contributed by atoms with Crippen molar-refractivity contribution in [2.75, 3.05) is 13.6 Å². The van der Waals surface area contributed by atoms with Crippen LogP contribution in [0.15, 0.2) is 4.47 Å². The van der Waals surface area contributed by atoms with Crippen LogP contribution in [0.2, 0.25) is 0 Å². The molecule has 1 amide bonds. The summed E-state index contributed by atoms with van der Waals surface area (Å²) in [7, 11) is 3.58. The normalized spacial score (nSPS) is 10.6. The lowest BCUT2D eigenvalue weighted by molar-refractivity contribution is -0.120. The summed E-state index contributed by atoms with van der Waals surface area (Å²) >= 11 is 3.55. The van der Waals surface area contributed by atoms with E-state index in [-0.39, 0.29) is 5.91 Å². The van der Waals surface area contributed by atoms with Crippen molar-refractivity contribution >= 4 is 21.8 Å². The first kappa shape index (κ1) is 14.2. The second kappa shape index (κ2) is 6.76. The fourth-order valence-corrected chi connectivity index (χ4v) is 2.30.